The minimum Gasteiger partial charge on any atom is -0.465 e. The van der Waals surface area contributed by atoms with E-state index in [4.69, 9.17) is 25.5 Å². The summed E-state index contributed by atoms with van der Waals surface area (Å²) in [5, 5.41) is 9.29. The number of nitriles is 1. The Hall–Kier alpha value is -3.77. The summed E-state index contributed by atoms with van der Waals surface area (Å²) in [5.41, 5.74) is 2.00. The minimum absolute atomic E-state index is 0.0276. The van der Waals surface area contributed by atoms with Crippen LogP contribution >= 0.6 is 23.5 Å². The third kappa shape index (κ3) is 10.9. The van der Waals surface area contributed by atoms with Crippen molar-refractivity contribution in [2.75, 3.05) is 13.2 Å². The van der Waals surface area contributed by atoms with Crippen LogP contribution in [-0.4, -0.2) is 37.2 Å². The number of fused-ring (bicyclic) bond motifs is 1. The highest BCUT2D eigenvalue weighted by atomic mass is 32.2. The maximum Gasteiger partial charge on any atom is 0.314 e. The van der Waals surface area contributed by atoms with Gasteiger partial charge in [-0.05, 0) is 74.8 Å². The Bertz CT molecular complexity index is 1600. The molecule has 0 N–H and O–H groups in total. The Kier molecular flexibility index (Phi) is 13.6. The van der Waals surface area contributed by atoms with Crippen LogP contribution in [0.15, 0.2) is 56.1 Å². The highest BCUT2D eigenvalue weighted by Gasteiger charge is 2.34. The molecule has 5 rings (SSSR count). The molecule has 258 valence electrons. The number of allylic oxidation sites excluding steroid dienone is 1. The summed E-state index contributed by atoms with van der Waals surface area (Å²) >= 11 is 2.64. The molecule has 0 aromatic heterocycles. The molecule has 0 amide bonds. The number of carbonyl (C=O) groups excluding carboxylic acids is 3. The number of hydrogen-bond donors (Lipinski definition) is 0. The van der Waals surface area contributed by atoms with E-state index < -0.39 is 0 Å². The van der Waals surface area contributed by atoms with Gasteiger partial charge >= 0.3 is 17.9 Å². The number of rotatable bonds is 16. The lowest BCUT2D eigenvalue weighted by Crippen LogP contribution is -2.30. The lowest BCUT2D eigenvalue weighted by atomic mass is 9.82. The largest absolute Gasteiger partial charge is 0.465 e. The predicted octanol–water partition coefficient (Wildman–Crippen LogP) is 8.73. The molecule has 1 saturated heterocycles. The van der Waals surface area contributed by atoms with E-state index in [2.05, 4.69) is 4.85 Å². The zero-order valence-corrected chi connectivity index (χ0v) is 29.5. The van der Waals surface area contributed by atoms with Crippen LogP contribution in [0.2, 0.25) is 0 Å². The monoisotopic (exact) mass is 702 g/mol. The molecule has 2 heterocycles. The molecule has 2 aromatic rings. The zero-order chi connectivity index (χ0) is 34.6. The number of nitrogens with zero attached hydrogens (tertiary/aromatic N) is 2. The first kappa shape index (κ1) is 36.5. The molecule has 0 spiro atoms. The number of unbranched alkanes of at least 4 members (excludes halogenated alkanes) is 5. The fraction of sp³-hybridized carbons (Fsp3) is 0.500. The molecule has 1 aliphatic carbocycles. The average Bonchev–Trinajstić information content (AvgIpc) is 3.83. The van der Waals surface area contributed by atoms with E-state index in [0.717, 1.165) is 46.8 Å². The van der Waals surface area contributed by atoms with Crippen molar-refractivity contribution in [2.45, 2.75) is 106 Å². The molecular weight excluding hydrogens is 661 g/mol. The quantitative estimate of drug-likeness (QED) is 0.0419. The van der Waals surface area contributed by atoms with E-state index >= 15 is 0 Å². The molecule has 2 aliphatic heterocycles. The molecule has 2 aromatic carbocycles. The van der Waals surface area contributed by atoms with Crippen LogP contribution in [0.5, 0.6) is 11.5 Å². The standard InChI is InChI=1S/C38H42N2O7S2/c1-25-11-20-32(35-34(25)48-38(49-35)31(23-39)40-2)47-37(43)28-16-14-27(15-17-28)36(42)46-29-18-12-26(13-19-29)21-22-44-33(41)10-8-6-4-3-5-7-9-30-24-45-30/h11-13,18-20,27-28,30H,3-10,14-17,21-22,24H2,1H3/b38-31-. The Morgan fingerprint density at radius 1 is 0.898 bits per heavy atom. The fourth-order valence-corrected chi connectivity index (χ4v) is 8.53. The first-order valence-electron chi connectivity index (χ1n) is 17.1. The number of esters is 3. The minimum atomic E-state index is -0.339. The summed E-state index contributed by atoms with van der Waals surface area (Å²) in [6, 6.07) is 12.8. The van der Waals surface area contributed by atoms with Gasteiger partial charge in [0.2, 0.25) is 0 Å². The topological polar surface area (TPSA) is 120 Å². The Balaban J connectivity index is 0.972. The van der Waals surface area contributed by atoms with Gasteiger partial charge in [0.1, 0.15) is 11.5 Å². The first-order valence-corrected chi connectivity index (χ1v) is 18.8. The Morgan fingerprint density at radius 3 is 2.18 bits per heavy atom. The van der Waals surface area contributed by atoms with Crippen LogP contribution in [0.3, 0.4) is 0 Å². The smallest absolute Gasteiger partial charge is 0.314 e. The number of thioether (sulfide) groups is 2. The van der Waals surface area contributed by atoms with Gasteiger partial charge in [0.15, 0.2) is 0 Å². The molecule has 1 saturated carbocycles. The summed E-state index contributed by atoms with van der Waals surface area (Å²) in [5.74, 6) is -0.544. The van der Waals surface area contributed by atoms with Crippen LogP contribution in [0, 0.1) is 36.7 Å². The molecule has 1 unspecified atom stereocenters. The second-order valence-corrected chi connectivity index (χ2v) is 15.0. The van der Waals surface area contributed by atoms with Crippen LogP contribution in [0.25, 0.3) is 4.85 Å². The van der Waals surface area contributed by atoms with Crippen molar-refractivity contribution in [3.05, 3.63) is 68.9 Å². The van der Waals surface area contributed by atoms with Gasteiger partial charge in [-0.1, -0.05) is 73.8 Å². The number of carbonyl (C=O) groups is 3. The van der Waals surface area contributed by atoms with Gasteiger partial charge in [0, 0.05) is 17.7 Å². The summed E-state index contributed by atoms with van der Waals surface area (Å²) in [7, 11) is 0. The van der Waals surface area contributed by atoms with E-state index in [1.807, 2.05) is 31.2 Å². The molecule has 49 heavy (non-hydrogen) atoms. The lowest BCUT2D eigenvalue weighted by Gasteiger charge is -2.26. The van der Waals surface area contributed by atoms with Crippen LogP contribution in [0.1, 0.15) is 88.2 Å². The maximum atomic E-state index is 13.1. The highest BCUT2D eigenvalue weighted by molar-refractivity contribution is 8.24. The van der Waals surface area contributed by atoms with E-state index in [0.29, 0.717) is 67.0 Å². The molecular formula is C38H42N2O7S2. The Morgan fingerprint density at radius 2 is 1.53 bits per heavy atom. The van der Waals surface area contributed by atoms with Gasteiger partial charge in [-0.15, -0.1) is 0 Å². The highest BCUT2D eigenvalue weighted by Crippen LogP contribution is 2.57. The number of aryl methyl sites for hydroxylation is 1. The fourth-order valence-electron chi connectivity index (χ4n) is 5.98. The first-order chi connectivity index (χ1) is 23.8. The van der Waals surface area contributed by atoms with Gasteiger partial charge < -0.3 is 18.9 Å². The van der Waals surface area contributed by atoms with Gasteiger partial charge in [-0.2, -0.15) is 0 Å². The van der Waals surface area contributed by atoms with E-state index in [9.17, 15) is 19.6 Å². The van der Waals surface area contributed by atoms with Gasteiger partial charge in [-0.3, -0.25) is 14.4 Å². The second-order valence-electron chi connectivity index (χ2n) is 12.7. The van der Waals surface area contributed by atoms with E-state index in [1.54, 1.807) is 18.2 Å². The molecule has 11 heteroatoms. The number of hydrogen-bond acceptors (Lipinski definition) is 10. The van der Waals surface area contributed by atoms with Gasteiger partial charge in [0.25, 0.3) is 5.70 Å². The molecule has 3 aliphatic rings. The lowest BCUT2D eigenvalue weighted by molar-refractivity contribution is -0.145. The molecule has 1 atom stereocenters. The van der Waals surface area contributed by atoms with Crippen molar-refractivity contribution in [1.29, 1.82) is 5.26 Å². The number of ether oxygens (including phenoxy) is 4. The van der Waals surface area contributed by atoms with Crippen LogP contribution < -0.4 is 9.47 Å². The predicted molar refractivity (Wildman–Crippen MR) is 187 cm³/mol. The third-order valence-corrected chi connectivity index (χ3v) is 11.8. The summed E-state index contributed by atoms with van der Waals surface area (Å²) in [4.78, 5) is 43.1. The van der Waals surface area contributed by atoms with Crippen molar-refractivity contribution in [2.24, 2.45) is 11.8 Å². The van der Waals surface area contributed by atoms with E-state index in [1.165, 1.54) is 49.2 Å². The molecule has 0 radical (unpaired) electrons. The molecule has 2 fully saturated rings. The van der Waals surface area contributed by atoms with Crippen LogP contribution in [0.4, 0.5) is 0 Å². The number of benzene rings is 2. The zero-order valence-electron chi connectivity index (χ0n) is 27.9. The summed E-state index contributed by atoms with van der Waals surface area (Å²) in [6.07, 6.45) is 11.6. The van der Waals surface area contributed by atoms with Crippen LogP contribution in [-0.2, 0) is 30.3 Å². The summed E-state index contributed by atoms with van der Waals surface area (Å²) in [6.45, 7) is 10.5. The van der Waals surface area contributed by atoms with E-state index in [-0.39, 0.29) is 35.4 Å². The van der Waals surface area contributed by atoms with Crippen molar-refractivity contribution >= 4 is 41.4 Å². The normalized spacial score (nSPS) is 20.3. The average molecular weight is 703 g/mol. The van der Waals surface area contributed by atoms with Crippen molar-refractivity contribution in [3.63, 3.8) is 0 Å². The van der Waals surface area contributed by atoms with Gasteiger partial charge in [-0.25, -0.2) is 10.1 Å². The Labute approximate surface area is 296 Å². The second kappa shape index (κ2) is 18.3. The SMILES string of the molecule is [C-]#[N+]/C(C#N)=C1/Sc2c(C)ccc(OC(=O)C3CCC(C(=O)Oc4ccc(CCOC(=O)CCCCCCCCC5CO5)cc4)CC3)c2S1. The van der Waals surface area contributed by atoms with Crippen molar-refractivity contribution in [3.8, 4) is 17.6 Å². The number of epoxide rings is 1. The van der Waals surface area contributed by atoms with Crippen molar-refractivity contribution < 1.29 is 33.3 Å². The van der Waals surface area contributed by atoms with Gasteiger partial charge in [0.05, 0.1) is 52.9 Å². The maximum absolute atomic E-state index is 13.1. The summed E-state index contributed by atoms with van der Waals surface area (Å²) < 4.78 is 22.7. The molecule has 9 nitrogen and oxygen atoms in total. The van der Waals surface area contributed by atoms with Crippen molar-refractivity contribution in [1.82, 2.24) is 0 Å². The molecule has 0 bridgehead atoms. The third-order valence-electron chi connectivity index (χ3n) is 9.03.